The summed E-state index contributed by atoms with van der Waals surface area (Å²) in [6.07, 6.45) is 2.01. The Kier molecular flexibility index (Phi) is 7.57. The van der Waals surface area contributed by atoms with Gasteiger partial charge in [0.2, 0.25) is 0 Å². The normalized spacial score (nSPS) is 15.0. The Morgan fingerprint density at radius 3 is 2.86 bits per heavy atom. The lowest BCUT2D eigenvalue weighted by molar-refractivity contribution is 0.0842. The van der Waals surface area contributed by atoms with Crippen molar-refractivity contribution < 1.29 is 9.90 Å². The molecule has 0 aliphatic carbocycles. The molecular formula is C22H31N5O2. The zero-order valence-corrected chi connectivity index (χ0v) is 17.3. The summed E-state index contributed by atoms with van der Waals surface area (Å²) in [6.45, 7) is 4.17. The highest BCUT2D eigenvalue weighted by atomic mass is 16.3. The molecule has 29 heavy (non-hydrogen) atoms. The van der Waals surface area contributed by atoms with E-state index >= 15 is 0 Å². The second-order valence-corrected chi connectivity index (χ2v) is 7.78. The number of aromatic nitrogens is 1. The third-order valence-corrected chi connectivity index (χ3v) is 5.06. The minimum atomic E-state index is -0.608. The van der Waals surface area contributed by atoms with Crippen LogP contribution in [0.25, 0.3) is 0 Å². The highest BCUT2D eigenvalue weighted by Crippen LogP contribution is 2.18. The molecule has 3 N–H and O–H groups in total. The monoisotopic (exact) mass is 397 g/mol. The fourth-order valence-electron chi connectivity index (χ4n) is 3.46. The van der Waals surface area contributed by atoms with Gasteiger partial charge in [0.1, 0.15) is 5.82 Å². The van der Waals surface area contributed by atoms with E-state index in [0.717, 1.165) is 32.6 Å². The zero-order valence-electron chi connectivity index (χ0n) is 17.3. The molecule has 1 aromatic carbocycles. The summed E-state index contributed by atoms with van der Waals surface area (Å²) < 4.78 is 0. The minimum Gasteiger partial charge on any atom is -0.390 e. The van der Waals surface area contributed by atoms with Crippen LogP contribution in [0.3, 0.4) is 0 Å². The molecule has 0 fully saturated rings. The predicted molar refractivity (Wildman–Crippen MR) is 115 cm³/mol. The van der Waals surface area contributed by atoms with Crippen molar-refractivity contribution in [2.75, 3.05) is 52.1 Å². The van der Waals surface area contributed by atoms with Crippen LogP contribution in [0.4, 0.5) is 5.82 Å². The number of fused-ring (bicyclic) bond motifs is 1. The van der Waals surface area contributed by atoms with Crippen LogP contribution in [-0.2, 0) is 13.0 Å². The third kappa shape index (κ3) is 6.52. The number of amides is 1. The molecule has 1 atom stereocenters. The quantitative estimate of drug-likeness (QED) is 0.590. The second kappa shape index (κ2) is 10.3. The van der Waals surface area contributed by atoms with Gasteiger partial charge >= 0.3 is 0 Å². The topological polar surface area (TPSA) is 80.7 Å². The van der Waals surface area contributed by atoms with Crippen LogP contribution in [0, 0.1) is 0 Å². The van der Waals surface area contributed by atoms with E-state index in [1.165, 1.54) is 11.1 Å². The average molecular weight is 398 g/mol. The van der Waals surface area contributed by atoms with Crippen LogP contribution in [0.2, 0.25) is 0 Å². The SMILES string of the molecule is CN(C)CCNc1cc(C(=O)NCC(O)CN2CCc3ccccc3C2)ccn1. The molecule has 7 nitrogen and oxygen atoms in total. The van der Waals surface area contributed by atoms with Crippen molar-refractivity contribution in [2.45, 2.75) is 19.1 Å². The van der Waals surface area contributed by atoms with Gasteiger partial charge in [-0.05, 0) is 43.8 Å². The smallest absolute Gasteiger partial charge is 0.251 e. The van der Waals surface area contributed by atoms with E-state index in [1.807, 2.05) is 14.1 Å². The van der Waals surface area contributed by atoms with Gasteiger partial charge < -0.3 is 20.6 Å². The largest absolute Gasteiger partial charge is 0.390 e. The molecule has 1 unspecified atom stereocenters. The van der Waals surface area contributed by atoms with E-state index in [1.54, 1.807) is 18.3 Å². The van der Waals surface area contributed by atoms with Crippen LogP contribution < -0.4 is 10.6 Å². The molecular weight excluding hydrogens is 366 g/mol. The molecule has 2 aromatic rings. The van der Waals surface area contributed by atoms with Gasteiger partial charge in [-0.1, -0.05) is 24.3 Å². The molecule has 1 aliphatic rings. The Balaban J connectivity index is 1.44. The van der Waals surface area contributed by atoms with Crippen molar-refractivity contribution in [1.82, 2.24) is 20.1 Å². The number of nitrogens with zero attached hydrogens (tertiary/aromatic N) is 3. The fourth-order valence-corrected chi connectivity index (χ4v) is 3.46. The number of aliphatic hydroxyl groups is 1. The first kappa shape index (κ1) is 21.2. The number of hydrogen-bond donors (Lipinski definition) is 3. The third-order valence-electron chi connectivity index (χ3n) is 5.06. The van der Waals surface area contributed by atoms with Gasteiger partial charge in [0, 0.05) is 51.0 Å². The number of carbonyl (C=O) groups is 1. The van der Waals surface area contributed by atoms with Gasteiger partial charge in [-0.3, -0.25) is 9.69 Å². The van der Waals surface area contributed by atoms with Crippen molar-refractivity contribution in [3.05, 3.63) is 59.3 Å². The maximum Gasteiger partial charge on any atom is 0.251 e. The standard InChI is InChI=1S/C22H31N5O2/c1-26(2)12-10-24-21-13-18(7-9-23-21)22(29)25-14-20(28)16-27-11-8-17-5-3-4-6-19(17)15-27/h3-7,9,13,20,28H,8,10-12,14-16H2,1-2H3,(H,23,24)(H,25,29). The molecule has 0 spiro atoms. The maximum atomic E-state index is 12.4. The van der Waals surface area contributed by atoms with Crippen LogP contribution in [0.1, 0.15) is 21.5 Å². The number of pyridine rings is 1. The van der Waals surface area contributed by atoms with Crippen molar-refractivity contribution >= 4 is 11.7 Å². The Bertz CT molecular complexity index is 811. The van der Waals surface area contributed by atoms with Crippen LogP contribution >= 0.6 is 0 Å². The number of nitrogens with one attached hydrogen (secondary N) is 2. The highest BCUT2D eigenvalue weighted by Gasteiger charge is 2.19. The number of benzene rings is 1. The van der Waals surface area contributed by atoms with Crippen molar-refractivity contribution in [2.24, 2.45) is 0 Å². The van der Waals surface area contributed by atoms with E-state index in [2.05, 4.69) is 49.7 Å². The molecule has 1 amide bonds. The lowest BCUT2D eigenvalue weighted by atomic mass is 10.00. The van der Waals surface area contributed by atoms with Gasteiger partial charge in [-0.25, -0.2) is 4.98 Å². The van der Waals surface area contributed by atoms with Crippen LogP contribution in [-0.4, -0.2) is 78.7 Å². The molecule has 0 bridgehead atoms. The molecule has 3 rings (SSSR count). The predicted octanol–water partition coefficient (Wildman–Crippen LogP) is 1.20. The maximum absolute atomic E-state index is 12.4. The molecule has 0 saturated carbocycles. The first-order chi connectivity index (χ1) is 14.0. The summed E-state index contributed by atoms with van der Waals surface area (Å²) in [6, 6.07) is 11.8. The molecule has 0 saturated heterocycles. The Hall–Kier alpha value is -2.48. The number of carbonyl (C=O) groups excluding carboxylic acids is 1. The van der Waals surface area contributed by atoms with E-state index in [0.29, 0.717) is 17.9 Å². The Labute approximate surface area is 172 Å². The van der Waals surface area contributed by atoms with E-state index in [9.17, 15) is 9.90 Å². The van der Waals surface area contributed by atoms with Gasteiger partial charge in [0.15, 0.2) is 0 Å². The van der Waals surface area contributed by atoms with Crippen molar-refractivity contribution in [3.63, 3.8) is 0 Å². The first-order valence-electron chi connectivity index (χ1n) is 10.1. The fraction of sp³-hybridized carbons (Fsp3) is 0.455. The molecule has 156 valence electrons. The summed E-state index contributed by atoms with van der Waals surface area (Å²) in [4.78, 5) is 21.0. The van der Waals surface area contributed by atoms with E-state index in [-0.39, 0.29) is 12.5 Å². The Morgan fingerprint density at radius 1 is 1.28 bits per heavy atom. The van der Waals surface area contributed by atoms with Gasteiger partial charge in [0.25, 0.3) is 5.91 Å². The van der Waals surface area contributed by atoms with Crippen LogP contribution in [0.5, 0.6) is 0 Å². The summed E-state index contributed by atoms with van der Waals surface area (Å²) in [5, 5.41) is 16.4. The molecule has 7 heteroatoms. The van der Waals surface area contributed by atoms with Crippen molar-refractivity contribution in [1.29, 1.82) is 0 Å². The lowest BCUT2D eigenvalue weighted by Gasteiger charge is -2.30. The van der Waals surface area contributed by atoms with Gasteiger partial charge in [0.05, 0.1) is 6.10 Å². The summed E-state index contributed by atoms with van der Waals surface area (Å²) in [5.74, 6) is 0.470. The molecule has 1 aromatic heterocycles. The zero-order chi connectivity index (χ0) is 20.6. The van der Waals surface area contributed by atoms with Gasteiger partial charge in [-0.2, -0.15) is 0 Å². The first-order valence-corrected chi connectivity index (χ1v) is 10.1. The highest BCUT2D eigenvalue weighted by molar-refractivity contribution is 5.94. The van der Waals surface area contributed by atoms with Gasteiger partial charge in [-0.15, -0.1) is 0 Å². The molecule has 2 heterocycles. The average Bonchev–Trinajstić information content (AvgIpc) is 2.72. The summed E-state index contributed by atoms with van der Waals surface area (Å²) in [7, 11) is 4.01. The van der Waals surface area contributed by atoms with Crippen LogP contribution in [0.15, 0.2) is 42.6 Å². The lowest BCUT2D eigenvalue weighted by Crippen LogP contribution is -2.42. The molecule has 1 aliphatic heterocycles. The minimum absolute atomic E-state index is 0.203. The second-order valence-electron chi connectivity index (χ2n) is 7.78. The van der Waals surface area contributed by atoms with Crippen molar-refractivity contribution in [3.8, 4) is 0 Å². The van der Waals surface area contributed by atoms with E-state index in [4.69, 9.17) is 0 Å². The number of aliphatic hydroxyl groups excluding tert-OH is 1. The number of hydrogen-bond acceptors (Lipinski definition) is 6. The van der Waals surface area contributed by atoms with E-state index < -0.39 is 6.10 Å². The Morgan fingerprint density at radius 2 is 2.07 bits per heavy atom. The number of β-amino-alcohol motifs (C(OH)–C–C–N with tert-alkyl or cyclic N) is 1. The number of rotatable bonds is 9. The number of likely N-dealkylation sites (N-methyl/N-ethyl adjacent to an activating group) is 1. The number of anilines is 1. The molecule has 0 radical (unpaired) electrons. The summed E-state index contributed by atoms with van der Waals surface area (Å²) in [5.41, 5.74) is 3.24. The summed E-state index contributed by atoms with van der Waals surface area (Å²) >= 11 is 0.